The van der Waals surface area contributed by atoms with Crippen molar-refractivity contribution in [2.45, 2.75) is 11.4 Å². The third-order valence-corrected chi connectivity index (χ3v) is 8.05. The molecule has 0 saturated carbocycles. The van der Waals surface area contributed by atoms with Crippen molar-refractivity contribution in [2.75, 3.05) is 26.2 Å². The van der Waals surface area contributed by atoms with Gasteiger partial charge in [0.15, 0.2) is 5.11 Å². The van der Waals surface area contributed by atoms with Gasteiger partial charge in [-0.2, -0.15) is 4.31 Å². The molecule has 1 heterocycles. The summed E-state index contributed by atoms with van der Waals surface area (Å²) in [6.45, 7) is 2.22. The van der Waals surface area contributed by atoms with E-state index in [1.54, 1.807) is 0 Å². The molecule has 0 radical (unpaired) electrons. The number of hydrogen-bond donors (Lipinski definition) is 1. The molecule has 1 aliphatic rings. The standard InChI is InChI=1S/C18H18BrCl2N3O2S2/c19-14-10-15(20)17(16(21)11-14)28(25,26)24-8-6-23(7-9-24)18(27)22-12-13-4-2-1-3-5-13/h1-5,10-11H,6-9,12H2,(H,22,27). The minimum absolute atomic E-state index is 0.0581. The third kappa shape index (κ3) is 4.98. The fraction of sp³-hybridized carbons (Fsp3) is 0.278. The van der Waals surface area contributed by atoms with Crippen LogP contribution in [0.4, 0.5) is 0 Å². The van der Waals surface area contributed by atoms with Gasteiger partial charge < -0.3 is 10.2 Å². The highest BCUT2D eigenvalue weighted by Crippen LogP contribution is 2.35. The molecular weight excluding hydrogens is 505 g/mol. The summed E-state index contributed by atoms with van der Waals surface area (Å²) in [5, 5.41) is 4.03. The number of nitrogens with one attached hydrogen (secondary N) is 1. The predicted molar refractivity (Wildman–Crippen MR) is 120 cm³/mol. The summed E-state index contributed by atoms with van der Waals surface area (Å²) in [6.07, 6.45) is 0. The van der Waals surface area contributed by atoms with Crippen LogP contribution in [0.3, 0.4) is 0 Å². The first-order valence-electron chi connectivity index (χ1n) is 8.50. The molecule has 0 aromatic heterocycles. The van der Waals surface area contributed by atoms with Crippen molar-refractivity contribution < 1.29 is 8.42 Å². The van der Waals surface area contributed by atoms with Crippen LogP contribution < -0.4 is 5.32 Å². The summed E-state index contributed by atoms with van der Waals surface area (Å²) in [5.74, 6) is 0. The van der Waals surface area contributed by atoms with Crippen molar-refractivity contribution in [1.29, 1.82) is 0 Å². The van der Waals surface area contributed by atoms with Crippen molar-refractivity contribution in [2.24, 2.45) is 0 Å². The van der Waals surface area contributed by atoms with Crippen LogP contribution in [0.5, 0.6) is 0 Å². The molecule has 2 aromatic carbocycles. The summed E-state index contributed by atoms with van der Waals surface area (Å²) in [5.41, 5.74) is 1.13. The second kappa shape index (κ2) is 9.28. The van der Waals surface area contributed by atoms with Gasteiger partial charge in [0.25, 0.3) is 0 Å². The molecule has 0 spiro atoms. The van der Waals surface area contributed by atoms with Gasteiger partial charge in [-0.1, -0.05) is 69.5 Å². The maximum absolute atomic E-state index is 13.0. The van der Waals surface area contributed by atoms with Crippen LogP contribution in [0.2, 0.25) is 10.0 Å². The van der Waals surface area contributed by atoms with Gasteiger partial charge >= 0.3 is 0 Å². The minimum atomic E-state index is -3.79. The molecule has 0 amide bonds. The van der Waals surface area contributed by atoms with E-state index in [1.807, 2.05) is 35.2 Å². The Morgan fingerprint density at radius 2 is 1.64 bits per heavy atom. The normalized spacial score (nSPS) is 15.5. The first kappa shape index (κ1) is 21.8. The summed E-state index contributed by atoms with van der Waals surface area (Å²) in [6, 6.07) is 13.0. The summed E-state index contributed by atoms with van der Waals surface area (Å²) in [4.78, 5) is 1.91. The van der Waals surface area contributed by atoms with E-state index in [4.69, 9.17) is 35.4 Å². The largest absolute Gasteiger partial charge is 0.358 e. The Morgan fingerprint density at radius 3 is 2.21 bits per heavy atom. The van der Waals surface area contributed by atoms with Crippen molar-refractivity contribution in [3.05, 3.63) is 62.5 Å². The van der Waals surface area contributed by atoms with Crippen LogP contribution in [0.15, 0.2) is 51.8 Å². The SMILES string of the molecule is O=S(=O)(c1c(Cl)cc(Br)cc1Cl)N1CCN(C(=S)NCc2ccccc2)CC1. The fourth-order valence-electron chi connectivity index (χ4n) is 2.92. The Kier molecular flexibility index (Phi) is 7.22. The first-order valence-corrected chi connectivity index (χ1v) is 11.9. The minimum Gasteiger partial charge on any atom is -0.358 e. The van der Waals surface area contributed by atoms with Gasteiger partial charge in [0.05, 0.1) is 10.0 Å². The third-order valence-electron chi connectivity index (χ3n) is 4.37. The van der Waals surface area contributed by atoms with E-state index >= 15 is 0 Å². The van der Waals surface area contributed by atoms with Gasteiger partial charge in [-0.25, -0.2) is 8.42 Å². The molecule has 1 saturated heterocycles. The monoisotopic (exact) mass is 521 g/mol. The molecule has 0 unspecified atom stereocenters. The molecule has 10 heteroatoms. The highest BCUT2D eigenvalue weighted by Gasteiger charge is 2.32. The van der Waals surface area contributed by atoms with Gasteiger partial charge in [0.2, 0.25) is 10.0 Å². The number of halogens is 3. The smallest absolute Gasteiger partial charge is 0.246 e. The number of thiocarbonyl (C=S) groups is 1. The molecular formula is C18H18BrCl2N3O2S2. The highest BCUT2D eigenvalue weighted by molar-refractivity contribution is 9.10. The summed E-state index contributed by atoms with van der Waals surface area (Å²) in [7, 11) is -3.79. The van der Waals surface area contributed by atoms with Crippen LogP contribution in [0.1, 0.15) is 5.56 Å². The van der Waals surface area contributed by atoms with E-state index in [1.165, 1.54) is 16.4 Å². The van der Waals surface area contributed by atoms with Crippen LogP contribution >= 0.6 is 51.3 Å². The predicted octanol–water partition coefficient (Wildman–Crippen LogP) is 4.14. The summed E-state index contributed by atoms with van der Waals surface area (Å²) >= 11 is 21.0. The van der Waals surface area contributed by atoms with Crippen molar-refractivity contribution >= 4 is 66.5 Å². The van der Waals surface area contributed by atoms with Crippen molar-refractivity contribution in [3.8, 4) is 0 Å². The first-order chi connectivity index (χ1) is 13.3. The van der Waals surface area contributed by atoms with E-state index in [0.717, 1.165) is 5.56 Å². The lowest BCUT2D eigenvalue weighted by Gasteiger charge is -2.35. The van der Waals surface area contributed by atoms with Crippen molar-refractivity contribution in [3.63, 3.8) is 0 Å². The average molecular weight is 523 g/mol. The van der Waals surface area contributed by atoms with Gasteiger partial charge in [-0.15, -0.1) is 0 Å². The number of hydrogen-bond acceptors (Lipinski definition) is 3. The fourth-order valence-corrected chi connectivity index (χ4v) is 6.48. The molecule has 5 nitrogen and oxygen atoms in total. The van der Waals surface area contributed by atoms with Crippen molar-refractivity contribution in [1.82, 2.24) is 14.5 Å². The molecule has 1 N–H and O–H groups in total. The zero-order chi connectivity index (χ0) is 20.3. The Bertz CT molecular complexity index is 943. The Hall–Kier alpha value is -0.900. The van der Waals surface area contributed by atoms with E-state index in [0.29, 0.717) is 42.3 Å². The van der Waals surface area contributed by atoms with E-state index < -0.39 is 10.0 Å². The molecule has 3 rings (SSSR count). The van der Waals surface area contributed by atoms with E-state index in [2.05, 4.69) is 21.2 Å². The second-order valence-electron chi connectivity index (χ2n) is 6.23. The lowest BCUT2D eigenvalue weighted by Crippen LogP contribution is -2.52. The maximum atomic E-state index is 13.0. The molecule has 0 bridgehead atoms. The van der Waals surface area contributed by atoms with E-state index in [9.17, 15) is 8.42 Å². The number of piperazine rings is 1. The molecule has 0 atom stereocenters. The van der Waals surface area contributed by atoms with Gasteiger partial charge in [0.1, 0.15) is 4.90 Å². The summed E-state index contributed by atoms with van der Waals surface area (Å²) < 4.78 is 28.0. The molecule has 2 aromatic rings. The molecule has 0 aliphatic carbocycles. The lowest BCUT2D eigenvalue weighted by atomic mass is 10.2. The number of nitrogens with zero attached hydrogens (tertiary/aromatic N) is 2. The number of sulfonamides is 1. The number of benzene rings is 2. The Labute approximate surface area is 188 Å². The van der Waals surface area contributed by atoms with Crippen LogP contribution in [-0.2, 0) is 16.6 Å². The average Bonchev–Trinajstić information content (AvgIpc) is 2.66. The van der Waals surface area contributed by atoms with Crippen LogP contribution in [-0.4, -0.2) is 48.9 Å². The topological polar surface area (TPSA) is 52.7 Å². The molecule has 150 valence electrons. The maximum Gasteiger partial charge on any atom is 0.246 e. The second-order valence-corrected chi connectivity index (χ2v) is 10.2. The molecule has 1 aliphatic heterocycles. The van der Waals surface area contributed by atoms with Gasteiger partial charge in [0, 0.05) is 37.2 Å². The van der Waals surface area contributed by atoms with Crippen LogP contribution in [0, 0.1) is 0 Å². The highest BCUT2D eigenvalue weighted by atomic mass is 79.9. The molecule has 1 fully saturated rings. The lowest BCUT2D eigenvalue weighted by molar-refractivity contribution is 0.264. The van der Waals surface area contributed by atoms with Gasteiger partial charge in [-0.05, 0) is 29.9 Å². The van der Waals surface area contributed by atoms with Crippen LogP contribution in [0.25, 0.3) is 0 Å². The van der Waals surface area contributed by atoms with E-state index in [-0.39, 0.29) is 14.9 Å². The number of rotatable bonds is 4. The quantitative estimate of drug-likeness (QED) is 0.611. The zero-order valence-corrected chi connectivity index (χ0v) is 19.5. The van der Waals surface area contributed by atoms with Gasteiger partial charge in [-0.3, -0.25) is 0 Å². The Morgan fingerprint density at radius 1 is 1.07 bits per heavy atom. The molecule has 28 heavy (non-hydrogen) atoms. The zero-order valence-electron chi connectivity index (χ0n) is 14.7. The Balaban J connectivity index is 1.62.